The Morgan fingerprint density at radius 1 is 0.735 bits per heavy atom. The molecule has 0 unspecified atom stereocenters. The molecule has 0 aliphatic rings. The van der Waals surface area contributed by atoms with Crippen molar-refractivity contribution in [3.05, 3.63) is 84.1 Å². The number of alkyl halides is 3. The highest BCUT2D eigenvalue weighted by Gasteiger charge is 2.34. The van der Waals surface area contributed by atoms with Crippen LogP contribution in [0.2, 0.25) is 19.6 Å². The highest BCUT2D eigenvalue weighted by molar-refractivity contribution is 6.88. The van der Waals surface area contributed by atoms with Gasteiger partial charge in [0.25, 0.3) is 0 Å². The third-order valence-electron chi connectivity index (χ3n) is 6.24. The summed E-state index contributed by atoms with van der Waals surface area (Å²) in [5.74, 6) is 0. The van der Waals surface area contributed by atoms with Crippen molar-refractivity contribution in [2.24, 2.45) is 0 Å². The van der Waals surface area contributed by atoms with Gasteiger partial charge in [-0.15, -0.1) is 0 Å². The molecule has 1 nitrogen and oxygen atoms in total. The van der Waals surface area contributed by atoms with Gasteiger partial charge < -0.3 is 0 Å². The first-order chi connectivity index (χ1) is 15.7. The zero-order valence-corrected chi connectivity index (χ0v) is 21.5. The molecule has 34 heavy (non-hydrogen) atoms. The van der Waals surface area contributed by atoms with E-state index in [-0.39, 0.29) is 11.0 Å². The fourth-order valence-corrected chi connectivity index (χ4v) is 5.47. The fourth-order valence-electron chi connectivity index (χ4n) is 4.31. The Kier molecular flexibility index (Phi) is 5.97. The Labute approximate surface area is 200 Å². The number of aromatic nitrogens is 1. The number of benzene rings is 3. The highest BCUT2D eigenvalue weighted by Crippen LogP contribution is 2.40. The second-order valence-corrected chi connectivity index (χ2v) is 16.0. The Balaban J connectivity index is 1.92. The van der Waals surface area contributed by atoms with Gasteiger partial charge >= 0.3 is 6.18 Å². The van der Waals surface area contributed by atoms with E-state index in [1.165, 1.54) is 5.19 Å². The van der Waals surface area contributed by atoms with Gasteiger partial charge in [0.15, 0.2) is 0 Å². The number of hydrogen-bond donors (Lipinski definition) is 0. The molecule has 0 aliphatic heterocycles. The van der Waals surface area contributed by atoms with Crippen molar-refractivity contribution >= 4 is 24.0 Å². The molecule has 4 aromatic rings. The Morgan fingerprint density at radius 3 is 1.97 bits per heavy atom. The summed E-state index contributed by atoms with van der Waals surface area (Å²) in [6.45, 7) is 13.1. The van der Waals surface area contributed by atoms with Gasteiger partial charge in [-0.3, -0.25) is 4.98 Å². The summed E-state index contributed by atoms with van der Waals surface area (Å²) in [4.78, 5) is 4.28. The van der Waals surface area contributed by atoms with E-state index in [1.807, 2.05) is 48.5 Å². The zero-order valence-electron chi connectivity index (χ0n) is 20.5. The number of fused-ring (bicyclic) bond motifs is 1. The Hall–Kier alpha value is -2.92. The summed E-state index contributed by atoms with van der Waals surface area (Å²) in [5.41, 5.74) is 2.36. The monoisotopic (exact) mass is 477 g/mol. The van der Waals surface area contributed by atoms with Crippen LogP contribution in [0.3, 0.4) is 0 Å². The molecule has 0 N–H and O–H groups in total. The number of halogens is 3. The van der Waals surface area contributed by atoms with Gasteiger partial charge in [-0.05, 0) is 51.1 Å². The van der Waals surface area contributed by atoms with Crippen molar-refractivity contribution in [3.8, 4) is 22.4 Å². The summed E-state index contributed by atoms with van der Waals surface area (Å²) in [5, 5.41) is 3.41. The molecule has 4 rings (SSSR count). The lowest BCUT2D eigenvalue weighted by Gasteiger charge is -2.23. The third-order valence-corrected chi connectivity index (χ3v) is 8.30. The van der Waals surface area contributed by atoms with Crippen LogP contribution in [-0.4, -0.2) is 13.1 Å². The second-order valence-electron chi connectivity index (χ2n) is 10.9. The lowest BCUT2D eigenvalue weighted by Crippen LogP contribution is -2.37. The number of rotatable bonds is 3. The van der Waals surface area contributed by atoms with E-state index in [9.17, 15) is 13.2 Å². The minimum absolute atomic E-state index is 0.128. The summed E-state index contributed by atoms with van der Waals surface area (Å²) >= 11 is 0. The molecule has 0 bridgehead atoms. The molecule has 3 aromatic carbocycles. The smallest absolute Gasteiger partial charge is 0.256 e. The lowest BCUT2D eigenvalue weighted by molar-refractivity contribution is -0.137. The van der Waals surface area contributed by atoms with Gasteiger partial charge in [0.1, 0.15) is 0 Å². The number of nitrogens with zero attached hydrogens (tertiary/aromatic N) is 1. The van der Waals surface area contributed by atoms with Crippen molar-refractivity contribution in [3.63, 3.8) is 0 Å². The van der Waals surface area contributed by atoms with Gasteiger partial charge in [-0.1, -0.05) is 94.1 Å². The average molecular weight is 478 g/mol. The number of hydrogen-bond acceptors (Lipinski definition) is 1. The normalized spacial score (nSPS) is 12.9. The summed E-state index contributed by atoms with van der Waals surface area (Å²) in [6, 6.07) is 21.3. The summed E-state index contributed by atoms with van der Waals surface area (Å²) < 4.78 is 41.8. The Bertz CT molecular complexity index is 1340. The van der Waals surface area contributed by atoms with Crippen molar-refractivity contribution < 1.29 is 13.2 Å². The first-order valence-corrected chi connectivity index (χ1v) is 15.0. The molecule has 0 aliphatic carbocycles. The predicted molar refractivity (Wildman–Crippen MR) is 139 cm³/mol. The van der Waals surface area contributed by atoms with E-state index < -0.39 is 19.8 Å². The van der Waals surface area contributed by atoms with Crippen LogP contribution < -0.4 is 5.19 Å². The Morgan fingerprint density at radius 2 is 1.38 bits per heavy atom. The molecule has 0 saturated heterocycles. The number of pyridine rings is 1. The molecule has 1 aromatic heterocycles. The topological polar surface area (TPSA) is 12.9 Å². The van der Waals surface area contributed by atoms with Crippen molar-refractivity contribution in [2.45, 2.75) is 52.0 Å². The second kappa shape index (κ2) is 8.38. The maximum atomic E-state index is 13.9. The van der Waals surface area contributed by atoms with Crippen molar-refractivity contribution in [2.75, 3.05) is 0 Å². The van der Waals surface area contributed by atoms with Crippen LogP contribution >= 0.6 is 0 Å². The molecule has 176 valence electrons. The third kappa shape index (κ3) is 4.80. The molecular formula is C29H30F3NSi. The molecule has 0 amide bonds. The van der Waals surface area contributed by atoms with Crippen molar-refractivity contribution in [1.82, 2.24) is 4.98 Å². The molecule has 1 heterocycles. The van der Waals surface area contributed by atoms with Gasteiger partial charge in [-0.2, -0.15) is 13.2 Å². The zero-order chi connectivity index (χ0) is 24.9. The van der Waals surface area contributed by atoms with Crippen LogP contribution in [0.15, 0.2) is 72.9 Å². The van der Waals surface area contributed by atoms with Gasteiger partial charge in [0.2, 0.25) is 0 Å². The molecule has 0 spiro atoms. The maximum Gasteiger partial charge on any atom is 0.418 e. The van der Waals surface area contributed by atoms with E-state index >= 15 is 0 Å². The molecule has 5 heteroatoms. The van der Waals surface area contributed by atoms with Crippen molar-refractivity contribution in [1.29, 1.82) is 0 Å². The van der Waals surface area contributed by atoms with Gasteiger partial charge in [0.05, 0.1) is 19.3 Å². The van der Waals surface area contributed by atoms with E-state index in [1.54, 1.807) is 6.07 Å². The summed E-state index contributed by atoms with van der Waals surface area (Å²) in [7, 11) is -1.56. The SMILES string of the molecule is CC(C)(C)c1cc(-c2cc(-c3ccc([Si](C)(C)C)cc3)c(C(F)(F)F)cn2)cc2ccccc12. The van der Waals surface area contributed by atoms with Gasteiger partial charge in [-0.25, -0.2) is 0 Å². The summed E-state index contributed by atoms with van der Waals surface area (Å²) in [6.07, 6.45) is -3.51. The largest absolute Gasteiger partial charge is 0.418 e. The standard InChI is InChI=1S/C29H30F3NSi/c1-28(2,3)25-16-21(15-20-9-7-8-10-23(20)25)27-17-24(26(18-33-27)29(30,31)32)19-11-13-22(14-12-19)34(4,5)6/h7-18H,1-6H3. The van der Waals surface area contributed by atoms with Crippen LogP contribution in [0.25, 0.3) is 33.2 Å². The van der Waals surface area contributed by atoms with Crippen LogP contribution in [0.5, 0.6) is 0 Å². The first kappa shape index (κ1) is 24.2. The molecular weight excluding hydrogens is 447 g/mol. The van der Waals surface area contributed by atoms with E-state index in [2.05, 4.69) is 57.5 Å². The van der Waals surface area contributed by atoms with Crippen LogP contribution in [0, 0.1) is 0 Å². The minimum Gasteiger partial charge on any atom is -0.256 e. The predicted octanol–water partition coefficient (Wildman–Crippen LogP) is 8.43. The fraction of sp³-hybridized carbons (Fsp3) is 0.276. The quantitative estimate of drug-likeness (QED) is 0.270. The lowest BCUT2D eigenvalue weighted by atomic mass is 9.82. The van der Waals surface area contributed by atoms with Gasteiger partial charge in [0, 0.05) is 11.8 Å². The first-order valence-electron chi connectivity index (χ1n) is 11.5. The molecule has 0 fully saturated rings. The van der Waals surface area contributed by atoms with Crippen LogP contribution in [0.4, 0.5) is 13.2 Å². The highest BCUT2D eigenvalue weighted by atomic mass is 28.3. The minimum atomic E-state index is -4.49. The molecule has 0 radical (unpaired) electrons. The molecule has 0 saturated carbocycles. The van der Waals surface area contributed by atoms with E-state index in [0.717, 1.165) is 28.1 Å². The average Bonchev–Trinajstić information content (AvgIpc) is 2.76. The van der Waals surface area contributed by atoms with Crippen LogP contribution in [0.1, 0.15) is 31.9 Å². The van der Waals surface area contributed by atoms with E-state index in [0.29, 0.717) is 11.3 Å². The maximum absolute atomic E-state index is 13.9. The van der Waals surface area contributed by atoms with Crippen LogP contribution in [-0.2, 0) is 11.6 Å². The van der Waals surface area contributed by atoms with E-state index in [4.69, 9.17) is 0 Å². The molecule has 0 atom stereocenters.